The zero-order chi connectivity index (χ0) is 20.3. The zero-order valence-corrected chi connectivity index (χ0v) is 15.8. The Hall–Kier alpha value is -1.85. The predicted octanol–water partition coefficient (Wildman–Crippen LogP) is 1.64. The molecule has 26 heavy (non-hydrogen) atoms. The molecule has 0 aliphatic heterocycles. The van der Waals surface area contributed by atoms with Gasteiger partial charge < -0.3 is 14.8 Å². The molecule has 7 nitrogen and oxygen atoms in total. The molecule has 0 spiro atoms. The Morgan fingerprint density at radius 3 is 2.23 bits per heavy atom. The topological polar surface area (TPSA) is 84.9 Å². The van der Waals surface area contributed by atoms with Crippen LogP contribution in [0.4, 0.5) is 13.2 Å². The molecule has 0 fully saturated rings. The molecular formula is C15H21F3N2O5S. The van der Waals surface area contributed by atoms with Crippen molar-refractivity contribution < 1.29 is 35.9 Å². The summed E-state index contributed by atoms with van der Waals surface area (Å²) < 4.78 is 74.9. The number of hydrogen-bond donors (Lipinski definition) is 1. The van der Waals surface area contributed by atoms with Gasteiger partial charge in [0.25, 0.3) is 5.91 Å². The average molecular weight is 398 g/mol. The second-order valence-corrected chi connectivity index (χ2v) is 7.99. The minimum absolute atomic E-state index is 0.0364. The van der Waals surface area contributed by atoms with Gasteiger partial charge in [-0.05, 0) is 25.1 Å². The van der Waals surface area contributed by atoms with E-state index in [1.165, 1.54) is 33.3 Å². The van der Waals surface area contributed by atoms with Gasteiger partial charge in [-0.25, -0.2) is 12.7 Å². The number of methoxy groups -OCH3 is 2. The van der Waals surface area contributed by atoms with Crippen LogP contribution in [0.25, 0.3) is 0 Å². The standard InChI is InChI=1S/C15H21F3N2O5S/c1-14(9-24-4,15(16,17)18)19-13(21)10-6-7-11(25-5)12(8-10)26(22,23)20(2)3/h6-8H,9H2,1-5H3,(H,19,21)/t14-/m0/s1. The van der Waals surface area contributed by atoms with Crippen LogP contribution in [0.2, 0.25) is 0 Å². The van der Waals surface area contributed by atoms with Crippen molar-refractivity contribution in [3.05, 3.63) is 23.8 Å². The third-order valence-corrected chi connectivity index (χ3v) is 5.47. The third-order valence-electron chi connectivity index (χ3n) is 3.63. The Morgan fingerprint density at radius 2 is 1.81 bits per heavy atom. The van der Waals surface area contributed by atoms with Crippen molar-refractivity contribution in [2.45, 2.75) is 23.5 Å². The van der Waals surface area contributed by atoms with E-state index in [9.17, 15) is 26.4 Å². The van der Waals surface area contributed by atoms with E-state index in [2.05, 4.69) is 4.74 Å². The van der Waals surface area contributed by atoms with Crippen molar-refractivity contribution >= 4 is 15.9 Å². The highest BCUT2D eigenvalue weighted by molar-refractivity contribution is 7.89. The summed E-state index contributed by atoms with van der Waals surface area (Å²) in [6.07, 6.45) is -4.77. The van der Waals surface area contributed by atoms with E-state index in [1.807, 2.05) is 5.32 Å². The van der Waals surface area contributed by atoms with Gasteiger partial charge in [-0.1, -0.05) is 0 Å². The highest BCUT2D eigenvalue weighted by atomic mass is 32.2. The van der Waals surface area contributed by atoms with Crippen molar-refractivity contribution in [3.8, 4) is 5.75 Å². The number of ether oxygens (including phenoxy) is 2. The first kappa shape index (κ1) is 22.2. The molecule has 1 amide bonds. The Morgan fingerprint density at radius 1 is 1.23 bits per heavy atom. The lowest BCUT2D eigenvalue weighted by Crippen LogP contribution is -2.59. The zero-order valence-electron chi connectivity index (χ0n) is 15.0. The summed E-state index contributed by atoms with van der Waals surface area (Å²) in [6, 6.07) is 3.34. The molecule has 1 atom stereocenters. The minimum atomic E-state index is -4.77. The molecule has 1 aromatic carbocycles. The van der Waals surface area contributed by atoms with Crippen LogP contribution in [0.15, 0.2) is 23.1 Å². The maximum atomic E-state index is 13.2. The molecular weight excluding hydrogens is 377 g/mol. The fraction of sp³-hybridized carbons (Fsp3) is 0.533. The lowest BCUT2D eigenvalue weighted by atomic mass is 10.0. The highest BCUT2D eigenvalue weighted by Gasteiger charge is 2.52. The SMILES string of the molecule is COC[C@](C)(NC(=O)c1ccc(OC)c(S(=O)(=O)N(C)C)c1)C(F)(F)F. The molecule has 148 valence electrons. The summed E-state index contributed by atoms with van der Waals surface area (Å²) in [5.41, 5.74) is -2.91. The van der Waals surface area contributed by atoms with E-state index in [-0.39, 0.29) is 16.2 Å². The maximum Gasteiger partial charge on any atom is 0.413 e. The van der Waals surface area contributed by atoms with Crippen LogP contribution < -0.4 is 10.1 Å². The summed E-state index contributed by atoms with van der Waals surface area (Å²) in [5.74, 6) is -1.13. The molecule has 0 unspecified atom stereocenters. The Kier molecular flexibility index (Phi) is 6.66. The molecule has 1 N–H and O–H groups in total. The molecule has 0 bridgehead atoms. The molecule has 0 radical (unpaired) electrons. The van der Waals surface area contributed by atoms with Crippen molar-refractivity contribution in [2.75, 3.05) is 34.9 Å². The van der Waals surface area contributed by atoms with Crippen LogP contribution in [-0.2, 0) is 14.8 Å². The number of nitrogens with zero attached hydrogens (tertiary/aromatic N) is 1. The maximum absolute atomic E-state index is 13.2. The first-order valence-corrected chi connectivity index (χ1v) is 8.73. The number of hydrogen-bond acceptors (Lipinski definition) is 5. The Balaban J connectivity index is 3.34. The molecule has 0 aromatic heterocycles. The van der Waals surface area contributed by atoms with Crippen LogP contribution in [0.5, 0.6) is 5.75 Å². The second-order valence-electron chi connectivity index (χ2n) is 5.87. The number of amides is 1. The second kappa shape index (κ2) is 7.80. The number of rotatable bonds is 7. The first-order chi connectivity index (χ1) is 11.8. The molecule has 0 aliphatic carbocycles. The Labute approximate surface area is 150 Å². The molecule has 11 heteroatoms. The van der Waals surface area contributed by atoms with Gasteiger partial charge in [0, 0.05) is 26.8 Å². The fourth-order valence-corrected chi connectivity index (χ4v) is 3.09. The number of sulfonamides is 1. The van der Waals surface area contributed by atoms with E-state index in [1.54, 1.807) is 0 Å². The van der Waals surface area contributed by atoms with Crippen molar-refractivity contribution in [3.63, 3.8) is 0 Å². The van der Waals surface area contributed by atoms with E-state index in [0.29, 0.717) is 0 Å². The molecule has 0 aliphatic rings. The van der Waals surface area contributed by atoms with E-state index < -0.39 is 34.3 Å². The van der Waals surface area contributed by atoms with Gasteiger partial charge in [0.2, 0.25) is 10.0 Å². The van der Waals surface area contributed by atoms with E-state index in [0.717, 1.165) is 24.4 Å². The summed E-state index contributed by atoms with van der Waals surface area (Å²) in [4.78, 5) is 12.0. The molecule has 0 saturated heterocycles. The van der Waals surface area contributed by atoms with Gasteiger partial charge in [0.05, 0.1) is 13.7 Å². The summed E-state index contributed by atoms with van der Waals surface area (Å²) >= 11 is 0. The van der Waals surface area contributed by atoms with Crippen molar-refractivity contribution in [1.82, 2.24) is 9.62 Å². The number of carbonyl (C=O) groups is 1. The lowest BCUT2D eigenvalue weighted by molar-refractivity contribution is -0.200. The number of carbonyl (C=O) groups excluding carboxylic acids is 1. The third kappa shape index (κ3) is 4.46. The summed E-state index contributed by atoms with van der Waals surface area (Å²) in [6.45, 7) is -0.0311. The smallest absolute Gasteiger partial charge is 0.413 e. The van der Waals surface area contributed by atoms with Crippen LogP contribution in [0, 0.1) is 0 Å². The number of benzene rings is 1. The predicted molar refractivity (Wildman–Crippen MR) is 87.7 cm³/mol. The van der Waals surface area contributed by atoms with Crippen LogP contribution in [0.3, 0.4) is 0 Å². The molecule has 0 saturated carbocycles. The van der Waals surface area contributed by atoms with Gasteiger partial charge in [-0.3, -0.25) is 4.79 Å². The average Bonchev–Trinajstić information content (AvgIpc) is 2.53. The normalized spacial score (nSPS) is 14.8. The van der Waals surface area contributed by atoms with E-state index >= 15 is 0 Å². The number of alkyl halides is 3. The monoisotopic (exact) mass is 398 g/mol. The lowest BCUT2D eigenvalue weighted by Gasteiger charge is -2.32. The summed E-state index contributed by atoms with van der Waals surface area (Å²) in [7, 11) is 0.894. The Bertz CT molecular complexity index is 765. The van der Waals surface area contributed by atoms with Gasteiger partial charge in [-0.2, -0.15) is 13.2 Å². The largest absolute Gasteiger partial charge is 0.495 e. The van der Waals surface area contributed by atoms with Gasteiger partial charge >= 0.3 is 6.18 Å². The quantitative estimate of drug-likeness (QED) is 0.755. The van der Waals surface area contributed by atoms with Crippen molar-refractivity contribution in [2.24, 2.45) is 0 Å². The number of nitrogens with one attached hydrogen (secondary N) is 1. The minimum Gasteiger partial charge on any atom is -0.495 e. The highest BCUT2D eigenvalue weighted by Crippen LogP contribution is 2.31. The van der Waals surface area contributed by atoms with Gasteiger partial charge in [0.15, 0.2) is 5.54 Å². The van der Waals surface area contributed by atoms with Crippen LogP contribution in [0.1, 0.15) is 17.3 Å². The van der Waals surface area contributed by atoms with Crippen molar-refractivity contribution in [1.29, 1.82) is 0 Å². The summed E-state index contributed by atoms with van der Waals surface area (Å²) in [5, 5.41) is 1.86. The van der Waals surface area contributed by atoms with Gasteiger partial charge in [-0.15, -0.1) is 0 Å². The number of halogens is 3. The fourth-order valence-electron chi connectivity index (χ4n) is 2.02. The van der Waals surface area contributed by atoms with Gasteiger partial charge in [0.1, 0.15) is 10.6 Å². The molecule has 1 rings (SSSR count). The first-order valence-electron chi connectivity index (χ1n) is 7.29. The van der Waals surface area contributed by atoms with Crippen LogP contribution >= 0.6 is 0 Å². The molecule has 1 aromatic rings. The van der Waals surface area contributed by atoms with E-state index in [4.69, 9.17) is 4.74 Å². The van der Waals surface area contributed by atoms with Crippen LogP contribution in [-0.4, -0.2) is 65.3 Å². The molecule has 0 heterocycles.